The molecular formula is C13H21N3O4S2. The van der Waals surface area contributed by atoms with E-state index in [9.17, 15) is 16.8 Å². The number of fused-ring (bicyclic) bond motifs is 1. The fourth-order valence-electron chi connectivity index (χ4n) is 2.45. The topological polar surface area (TPSA) is 95.6 Å². The molecule has 7 nitrogen and oxygen atoms in total. The van der Waals surface area contributed by atoms with Gasteiger partial charge in [0.15, 0.2) is 0 Å². The molecule has 1 aliphatic rings. The average Bonchev–Trinajstić information content (AvgIpc) is 2.45. The van der Waals surface area contributed by atoms with Crippen LogP contribution in [0.2, 0.25) is 0 Å². The van der Waals surface area contributed by atoms with Gasteiger partial charge in [0.25, 0.3) is 10.2 Å². The van der Waals surface area contributed by atoms with Crippen molar-refractivity contribution in [1.82, 2.24) is 4.72 Å². The van der Waals surface area contributed by atoms with Gasteiger partial charge in [0.1, 0.15) is 0 Å². The zero-order valence-corrected chi connectivity index (χ0v) is 14.3. The molecular weight excluding hydrogens is 326 g/mol. The van der Waals surface area contributed by atoms with Crippen molar-refractivity contribution in [2.24, 2.45) is 0 Å². The summed E-state index contributed by atoms with van der Waals surface area (Å²) in [5.74, 6) is 0.0429. The van der Waals surface area contributed by atoms with Crippen molar-refractivity contribution in [2.45, 2.75) is 26.7 Å². The van der Waals surface area contributed by atoms with Crippen LogP contribution in [0.5, 0.6) is 0 Å². The van der Waals surface area contributed by atoms with Crippen LogP contribution >= 0.6 is 0 Å². The number of nitrogens with one attached hydrogen (secondary N) is 2. The molecule has 1 heterocycles. The first kappa shape index (κ1) is 17.0. The van der Waals surface area contributed by atoms with Crippen molar-refractivity contribution >= 4 is 31.6 Å². The molecule has 0 saturated carbocycles. The van der Waals surface area contributed by atoms with E-state index in [4.69, 9.17) is 0 Å². The number of hydrogen-bond acceptors (Lipinski definition) is 4. The highest BCUT2D eigenvalue weighted by molar-refractivity contribution is 7.92. The van der Waals surface area contributed by atoms with Crippen LogP contribution in [0.1, 0.15) is 25.8 Å². The Balaban J connectivity index is 2.32. The number of anilines is 2. The van der Waals surface area contributed by atoms with E-state index in [1.807, 2.05) is 0 Å². The number of aryl methyl sites for hydroxylation is 1. The smallest absolute Gasteiger partial charge is 0.271 e. The van der Waals surface area contributed by atoms with Crippen molar-refractivity contribution in [3.8, 4) is 0 Å². The molecule has 0 bridgehead atoms. The molecule has 0 aromatic heterocycles. The van der Waals surface area contributed by atoms with Crippen LogP contribution in [0, 0.1) is 0 Å². The van der Waals surface area contributed by atoms with Gasteiger partial charge >= 0.3 is 0 Å². The van der Waals surface area contributed by atoms with Crippen LogP contribution < -0.4 is 13.7 Å². The normalized spacial score (nSPS) is 15.5. The third kappa shape index (κ3) is 3.71. The summed E-state index contributed by atoms with van der Waals surface area (Å²) in [5, 5.41) is 0. The molecule has 22 heavy (non-hydrogen) atoms. The Kier molecular flexibility index (Phi) is 4.98. The van der Waals surface area contributed by atoms with Gasteiger partial charge in [-0.15, -0.1) is 0 Å². The van der Waals surface area contributed by atoms with Gasteiger partial charge in [-0.05, 0) is 43.5 Å². The number of nitrogens with zero attached hydrogens (tertiary/aromatic N) is 1. The first-order valence-electron chi connectivity index (χ1n) is 7.20. The Morgan fingerprint density at radius 1 is 1.18 bits per heavy atom. The van der Waals surface area contributed by atoms with Crippen molar-refractivity contribution < 1.29 is 16.8 Å². The Morgan fingerprint density at radius 3 is 2.55 bits per heavy atom. The summed E-state index contributed by atoms with van der Waals surface area (Å²) in [6, 6.07) is 4.93. The fourth-order valence-corrected chi connectivity index (χ4v) is 4.54. The molecule has 1 aromatic rings. The maximum absolute atomic E-state index is 12.1. The lowest BCUT2D eigenvalue weighted by molar-refractivity contribution is 0.586. The van der Waals surface area contributed by atoms with Gasteiger partial charge in [-0.3, -0.25) is 9.03 Å². The van der Waals surface area contributed by atoms with Crippen LogP contribution in [-0.2, 0) is 26.7 Å². The summed E-state index contributed by atoms with van der Waals surface area (Å²) in [5.41, 5.74) is 1.90. The van der Waals surface area contributed by atoms with Crippen molar-refractivity contribution in [2.75, 3.05) is 27.9 Å². The zero-order valence-electron chi connectivity index (χ0n) is 12.7. The van der Waals surface area contributed by atoms with Gasteiger partial charge < -0.3 is 0 Å². The first-order valence-corrected chi connectivity index (χ1v) is 10.3. The molecule has 0 fully saturated rings. The molecule has 0 atom stereocenters. The third-order valence-electron chi connectivity index (χ3n) is 3.44. The lowest BCUT2D eigenvalue weighted by atomic mass is 10.0. The minimum Gasteiger partial charge on any atom is -0.271 e. The lowest BCUT2D eigenvalue weighted by Gasteiger charge is -2.30. The molecule has 1 aromatic carbocycles. The van der Waals surface area contributed by atoms with Gasteiger partial charge in [0, 0.05) is 13.1 Å². The Bertz CT molecular complexity index is 745. The molecule has 0 saturated heterocycles. The minimum atomic E-state index is -3.59. The molecule has 0 radical (unpaired) electrons. The number of benzene rings is 1. The summed E-state index contributed by atoms with van der Waals surface area (Å²) >= 11 is 0. The Morgan fingerprint density at radius 2 is 1.91 bits per heavy atom. The zero-order chi connectivity index (χ0) is 16.4. The highest BCUT2D eigenvalue weighted by Gasteiger charge is 2.26. The standard InChI is InChI=1S/C13H21N3O4S2/c1-3-14-22(19,20)15-12-7-8-13-11(10-12)6-5-9-16(13)21(17,18)4-2/h7-8,10,14-15H,3-6,9H2,1-2H3. The van der Waals surface area contributed by atoms with Crippen LogP contribution in [0.3, 0.4) is 0 Å². The van der Waals surface area contributed by atoms with E-state index >= 15 is 0 Å². The number of hydrogen-bond donors (Lipinski definition) is 2. The van der Waals surface area contributed by atoms with Crippen molar-refractivity contribution in [3.63, 3.8) is 0 Å². The molecule has 0 spiro atoms. The number of sulfonamides is 1. The van der Waals surface area contributed by atoms with Crippen molar-refractivity contribution in [3.05, 3.63) is 23.8 Å². The maximum Gasteiger partial charge on any atom is 0.299 e. The van der Waals surface area contributed by atoms with Gasteiger partial charge in [0.2, 0.25) is 10.0 Å². The predicted octanol–water partition coefficient (Wildman–Crippen LogP) is 1.06. The van der Waals surface area contributed by atoms with Gasteiger partial charge in [0.05, 0.1) is 17.1 Å². The quantitative estimate of drug-likeness (QED) is 0.804. The largest absolute Gasteiger partial charge is 0.299 e. The molecule has 0 aliphatic carbocycles. The summed E-state index contributed by atoms with van der Waals surface area (Å²) in [7, 11) is -6.90. The van der Waals surface area contributed by atoms with Gasteiger partial charge in [-0.1, -0.05) is 6.92 Å². The predicted molar refractivity (Wildman–Crippen MR) is 87.8 cm³/mol. The highest BCUT2D eigenvalue weighted by Crippen LogP contribution is 2.31. The molecule has 0 amide bonds. The molecule has 9 heteroatoms. The summed E-state index contributed by atoms with van der Waals surface area (Å²) in [6.07, 6.45) is 1.44. The van der Waals surface area contributed by atoms with Crippen molar-refractivity contribution in [1.29, 1.82) is 0 Å². The second kappa shape index (κ2) is 6.43. The average molecular weight is 347 g/mol. The van der Waals surface area contributed by atoms with Crippen LogP contribution in [0.25, 0.3) is 0 Å². The Labute approximate surface area is 131 Å². The lowest BCUT2D eigenvalue weighted by Crippen LogP contribution is -2.36. The second-order valence-corrected chi connectivity index (χ2v) is 8.70. The first-order chi connectivity index (χ1) is 10.3. The minimum absolute atomic E-state index is 0.0429. The summed E-state index contributed by atoms with van der Waals surface area (Å²) in [4.78, 5) is 0. The molecule has 2 N–H and O–H groups in total. The van der Waals surface area contributed by atoms with E-state index in [0.717, 1.165) is 18.4 Å². The SMILES string of the molecule is CCNS(=O)(=O)Nc1ccc2c(c1)CCCN2S(=O)(=O)CC. The van der Waals surface area contributed by atoms with Gasteiger partial charge in [-0.25, -0.2) is 8.42 Å². The van der Waals surface area contributed by atoms with E-state index in [1.165, 1.54) is 4.31 Å². The van der Waals surface area contributed by atoms with Crippen LogP contribution in [-0.4, -0.2) is 35.7 Å². The van der Waals surface area contributed by atoms with E-state index < -0.39 is 20.2 Å². The molecule has 124 valence electrons. The molecule has 1 aliphatic heterocycles. The highest BCUT2D eigenvalue weighted by atomic mass is 32.2. The van der Waals surface area contributed by atoms with Crippen LogP contribution in [0.4, 0.5) is 11.4 Å². The van der Waals surface area contributed by atoms with Gasteiger partial charge in [-0.2, -0.15) is 13.1 Å². The van der Waals surface area contributed by atoms with E-state index in [-0.39, 0.29) is 5.75 Å². The fraction of sp³-hybridized carbons (Fsp3) is 0.538. The monoisotopic (exact) mass is 347 g/mol. The summed E-state index contributed by atoms with van der Waals surface area (Å²) in [6.45, 7) is 4.07. The molecule has 0 unspecified atom stereocenters. The Hall–Kier alpha value is -1.32. The van der Waals surface area contributed by atoms with E-state index in [0.29, 0.717) is 24.5 Å². The van der Waals surface area contributed by atoms with Crippen LogP contribution in [0.15, 0.2) is 18.2 Å². The molecule has 2 rings (SSSR count). The number of rotatable bonds is 6. The summed E-state index contributed by atoms with van der Waals surface area (Å²) < 4.78 is 53.8. The second-order valence-electron chi connectivity index (χ2n) is 5.02. The van der Waals surface area contributed by atoms with E-state index in [2.05, 4.69) is 9.44 Å². The van der Waals surface area contributed by atoms with E-state index in [1.54, 1.807) is 32.0 Å². The maximum atomic E-state index is 12.1. The third-order valence-corrected chi connectivity index (χ3v) is 6.40.